The highest BCUT2D eigenvalue weighted by Gasteiger charge is 2.15. The van der Waals surface area contributed by atoms with Gasteiger partial charge in [0.2, 0.25) is 0 Å². The van der Waals surface area contributed by atoms with Crippen LogP contribution in [0.4, 0.5) is 0 Å². The van der Waals surface area contributed by atoms with Crippen molar-refractivity contribution in [3.8, 4) is 11.5 Å². The molecule has 1 aromatic heterocycles. The van der Waals surface area contributed by atoms with Gasteiger partial charge in [-0.15, -0.1) is 5.54 Å². The molecule has 3 heteroatoms. The van der Waals surface area contributed by atoms with E-state index in [0.717, 1.165) is 11.4 Å². The van der Waals surface area contributed by atoms with Crippen molar-refractivity contribution in [1.82, 2.24) is 9.97 Å². The maximum Gasteiger partial charge on any atom is 0.130 e. The predicted molar refractivity (Wildman–Crippen MR) is 71.0 cm³/mol. The van der Waals surface area contributed by atoms with E-state index in [1.807, 2.05) is 6.20 Å². The molecule has 0 saturated carbocycles. The molecule has 0 unspecified atom stereocenters. The van der Waals surface area contributed by atoms with Gasteiger partial charge in [0.25, 0.3) is 0 Å². The van der Waals surface area contributed by atoms with Crippen LogP contribution in [-0.2, 0) is 5.41 Å². The topological polar surface area (TPSA) is 25.8 Å². The van der Waals surface area contributed by atoms with Crippen LogP contribution in [0.1, 0.15) is 32.2 Å². The lowest BCUT2D eigenvalue weighted by molar-refractivity contribution is 0.565. The summed E-state index contributed by atoms with van der Waals surface area (Å²) in [6.45, 7) is 13.0. The second-order valence-corrected chi connectivity index (χ2v) is 10.8. The molecule has 0 aliphatic rings. The summed E-state index contributed by atoms with van der Waals surface area (Å²) in [6.07, 6.45) is 3.60. The van der Waals surface area contributed by atoms with Gasteiger partial charge in [-0.3, -0.25) is 4.98 Å². The third-order valence-corrected chi connectivity index (χ3v) is 2.86. The van der Waals surface area contributed by atoms with Gasteiger partial charge < -0.3 is 0 Å². The van der Waals surface area contributed by atoms with E-state index in [2.05, 4.69) is 61.8 Å². The Morgan fingerprint density at radius 3 is 2.06 bits per heavy atom. The predicted octanol–water partition coefficient (Wildman–Crippen LogP) is 3.00. The summed E-state index contributed by atoms with van der Waals surface area (Å²) in [6, 6.07) is 0. The fraction of sp³-hybridized carbons (Fsp3) is 0.538. The van der Waals surface area contributed by atoms with Crippen LogP contribution >= 0.6 is 0 Å². The van der Waals surface area contributed by atoms with E-state index in [1.54, 1.807) is 6.20 Å². The molecule has 0 N–H and O–H groups in total. The van der Waals surface area contributed by atoms with Crippen molar-refractivity contribution in [3.63, 3.8) is 0 Å². The molecule has 86 valence electrons. The third kappa shape index (κ3) is 4.16. The Labute approximate surface area is 99.5 Å². The molecular formula is C13H20N2Si. The fourth-order valence-electron chi connectivity index (χ4n) is 1.03. The van der Waals surface area contributed by atoms with Crippen LogP contribution in [-0.4, -0.2) is 18.0 Å². The highest BCUT2D eigenvalue weighted by Crippen LogP contribution is 2.18. The van der Waals surface area contributed by atoms with Crippen LogP contribution in [0, 0.1) is 11.5 Å². The van der Waals surface area contributed by atoms with Crippen molar-refractivity contribution < 1.29 is 0 Å². The van der Waals surface area contributed by atoms with Gasteiger partial charge in [0.15, 0.2) is 0 Å². The molecule has 0 spiro atoms. The minimum Gasteiger partial charge on any atom is -0.256 e. The van der Waals surface area contributed by atoms with Gasteiger partial charge in [-0.2, -0.15) is 0 Å². The zero-order chi connectivity index (χ0) is 12.4. The molecule has 0 radical (unpaired) electrons. The molecule has 16 heavy (non-hydrogen) atoms. The van der Waals surface area contributed by atoms with Gasteiger partial charge in [-0.25, -0.2) is 4.98 Å². The first-order valence-electron chi connectivity index (χ1n) is 5.54. The fourth-order valence-corrected chi connectivity index (χ4v) is 1.53. The first-order valence-corrected chi connectivity index (χ1v) is 9.04. The molecule has 0 aliphatic carbocycles. The van der Waals surface area contributed by atoms with Crippen LogP contribution in [0.5, 0.6) is 0 Å². The molecule has 0 amide bonds. The van der Waals surface area contributed by atoms with E-state index < -0.39 is 8.07 Å². The van der Waals surface area contributed by atoms with E-state index in [0.29, 0.717) is 0 Å². The normalized spacial score (nSPS) is 11.9. The van der Waals surface area contributed by atoms with Crippen molar-refractivity contribution in [2.75, 3.05) is 0 Å². The Hall–Kier alpha value is -1.14. The summed E-state index contributed by atoms with van der Waals surface area (Å²) in [5.41, 5.74) is 5.12. The lowest BCUT2D eigenvalue weighted by Gasteiger charge is -2.16. The Morgan fingerprint density at radius 1 is 1.06 bits per heavy atom. The van der Waals surface area contributed by atoms with E-state index in [4.69, 9.17) is 0 Å². The van der Waals surface area contributed by atoms with Gasteiger partial charge >= 0.3 is 0 Å². The van der Waals surface area contributed by atoms with Crippen LogP contribution in [0.2, 0.25) is 19.6 Å². The Balaban J connectivity index is 2.91. The van der Waals surface area contributed by atoms with Gasteiger partial charge in [0.05, 0.1) is 18.1 Å². The number of hydrogen-bond acceptors (Lipinski definition) is 2. The Kier molecular flexibility index (Phi) is 3.54. The van der Waals surface area contributed by atoms with E-state index in [-0.39, 0.29) is 5.41 Å². The minimum atomic E-state index is -1.32. The van der Waals surface area contributed by atoms with Crippen molar-refractivity contribution in [1.29, 1.82) is 0 Å². The largest absolute Gasteiger partial charge is 0.256 e. The quantitative estimate of drug-likeness (QED) is 0.507. The maximum absolute atomic E-state index is 4.40. The summed E-state index contributed by atoms with van der Waals surface area (Å²) in [7, 11) is -1.32. The third-order valence-electron chi connectivity index (χ3n) is 1.99. The minimum absolute atomic E-state index is 0.0533. The lowest BCUT2D eigenvalue weighted by atomic mass is 9.93. The van der Waals surface area contributed by atoms with Crippen LogP contribution < -0.4 is 0 Å². The summed E-state index contributed by atoms with van der Waals surface area (Å²) in [5.74, 6) is 3.10. The Bertz CT molecular complexity index is 410. The SMILES string of the molecule is CC(C)(C)c1cnc(C#C[Si](C)(C)C)cn1. The summed E-state index contributed by atoms with van der Waals surface area (Å²) < 4.78 is 0. The molecular weight excluding hydrogens is 212 g/mol. The number of rotatable bonds is 0. The van der Waals surface area contributed by atoms with Crippen molar-refractivity contribution in [2.24, 2.45) is 0 Å². The second-order valence-electron chi connectivity index (χ2n) is 6.04. The summed E-state index contributed by atoms with van der Waals surface area (Å²) in [4.78, 5) is 8.74. The van der Waals surface area contributed by atoms with Crippen LogP contribution in [0.3, 0.4) is 0 Å². The number of nitrogens with zero attached hydrogens (tertiary/aromatic N) is 2. The molecule has 0 fully saturated rings. The molecule has 0 aromatic carbocycles. The van der Waals surface area contributed by atoms with Gasteiger partial charge in [-0.05, 0) is 0 Å². The van der Waals surface area contributed by atoms with E-state index in [1.165, 1.54) is 0 Å². The van der Waals surface area contributed by atoms with Gasteiger partial charge in [-0.1, -0.05) is 46.3 Å². The van der Waals surface area contributed by atoms with Crippen molar-refractivity contribution in [3.05, 3.63) is 23.8 Å². The van der Waals surface area contributed by atoms with Gasteiger partial charge in [0, 0.05) is 5.41 Å². The van der Waals surface area contributed by atoms with Crippen molar-refractivity contribution in [2.45, 2.75) is 45.8 Å². The smallest absolute Gasteiger partial charge is 0.130 e. The lowest BCUT2D eigenvalue weighted by Crippen LogP contribution is -2.16. The standard InChI is InChI=1S/C13H20N2Si/c1-13(2,3)12-10-14-11(9-15-12)7-8-16(4,5)6/h9-10H,1-6H3. The maximum atomic E-state index is 4.40. The zero-order valence-corrected chi connectivity index (χ0v) is 12.0. The zero-order valence-electron chi connectivity index (χ0n) is 11.0. The molecule has 0 atom stereocenters. The first kappa shape index (κ1) is 12.9. The first-order chi connectivity index (χ1) is 7.18. The summed E-state index contributed by atoms with van der Waals surface area (Å²) in [5, 5.41) is 0. The average molecular weight is 232 g/mol. The molecule has 1 rings (SSSR count). The van der Waals surface area contributed by atoms with E-state index >= 15 is 0 Å². The molecule has 2 nitrogen and oxygen atoms in total. The van der Waals surface area contributed by atoms with E-state index in [9.17, 15) is 0 Å². The average Bonchev–Trinajstić information content (AvgIpc) is 2.13. The molecule has 1 heterocycles. The Morgan fingerprint density at radius 2 is 1.69 bits per heavy atom. The van der Waals surface area contributed by atoms with Crippen LogP contribution in [0.15, 0.2) is 12.4 Å². The molecule has 0 bridgehead atoms. The number of hydrogen-bond donors (Lipinski definition) is 0. The van der Waals surface area contributed by atoms with Crippen LogP contribution in [0.25, 0.3) is 0 Å². The second kappa shape index (κ2) is 4.38. The summed E-state index contributed by atoms with van der Waals surface area (Å²) >= 11 is 0. The van der Waals surface area contributed by atoms with Crippen molar-refractivity contribution >= 4 is 8.07 Å². The number of aromatic nitrogens is 2. The molecule has 0 saturated heterocycles. The highest BCUT2D eigenvalue weighted by atomic mass is 28.3. The van der Waals surface area contributed by atoms with Gasteiger partial charge in [0.1, 0.15) is 13.8 Å². The monoisotopic (exact) mass is 232 g/mol. The molecule has 1 aromatic rings. The molecule has 0 aliphatic heterocycles. The highest BCUT2D eigenvalue weighted by molar-refractivity contribution is 6.83.